The summed E-state index contributed by atoms with van der Waals surface area (Å²) in [7, 11) is 2.21. The molecule has 1 unspecified atom stereocenters. The minimum atomic E-state index is 0.140. The van der Waals surface area contributed by atoms with Crippen molar-refractivity contribution in [3.63, 3.8) is 0 Å². The van der Waals surface area contributed by atoms with Crippen molar-refractivity contribution in [3.8, 4) is 5.75 Å². The van der Waals surface area contributed by atoms with Gasteiger partial charge in [0.2, 0.25) is 0 Å². The minimum Gasteiger partial charge on any atom is -0.494 e. The Morgan fingerprint density at radius 2 is 2.11 bits per heavy atom. The third kappa shape index (κ3) is 3.95. The minimum absolute atomic E-state index is 0.140. The first kappa shape index (κ1) is 14.4. The van der Waals surface area contributed by atoms with Gasteiger partial charge in [0.05, 0.1) is 6.61 Å². The molecule has 2 atom stereocenters. The van der Waals surface area contributed by atoms with E-state index in [4.69, 9.17) is 10.5 Å². The van der Waals surface area contributed by atoms with Crippen molar-refractivity contribution >= 4 is 0 Å². The smallest absolute Gasteiger partial charge is 0.119 e. The highest BCUT2D eigenvalue weighted by atomic mass is 16.5. The molecule has 3 nitrogen and oxygen atoms in total. The van der Waals surface area contributed by atoms with Crippen LogP contribution in [0.15, 0.2) is 24.3 Å². The lowest BCUT2D eigenvalue weighted by Gasteiger charge is -2.19. The Hall–Kier alpha value is -1.06. The van der Waals surface area contributed by atoms with Gasteiger partial charge in [-0.2, -0.15) is 0 Å². The van der Waals surface area contributed by atoms with Gasteiger partial charge < -0.3 is 15.4 Å². The lowest BCUT2D eigenvalue weighted by atomic mass is 10.1. The molecular formula is C16H26N2O. The Morgan fingerprint density at radius 1 is 1.37 bits per heavy atom. The number of hydrogen-bond donors (Lipinski definition) is 1. The first-order chi connectivity index (χ1) is 9.20. The zero-order chi connectivity index (χ0) is 13.7. The Bertz CT molecular complexity index is 377. The molecule has 0 saturated carbocycles. The van der Waals surface area contributed by atoms with Gasteiger partial charge in [0.1, 0.15) is 5.75 Å². The van der Waals surface area contributed by atoms with Crippen molar-refractivity contribution in [3.05, 3.63) is 29.8 Å². The molecule has 19 heavy (non-hydrogen) atoms. The zero-order valence-corrected chi connectivity index (χ0v) is 12.1. The average Bonchev–Trinajstić information content (AvgIpc) is 2.84. The molecule has 0 amide bonds. The fourth-order valence-electron chi connectivity index (χ4n) is 2.70. The van der Waals surface area contributed by atoms with E-state index in [1.54, 1.807) is 0 Å². The number of likely N-dealkylation sites (tertiary alicyclic amines) is 1. The van der Waals surface area contributed by atoms with Crippen LogP contribution >= 0.6 is 0 Å². The van der Waals surface area contributed by atoms with Gasteiger partial charge in [0.25, 0.3) is 0 Å². The second-order valence-electron chi connectivity index (χ2n) is 5.50. The molecule has 1 aliphatic heterocycles. The number of hydrogen-bond acceptors (Lipinski definition) is 3. The molecule has 1 aromatic carbocycles. The van der Waals surface area contributed by atoms with Crippen molar-refractivity contribution in [2.75, 3.05) is 20.2 Å². The van der Waals surface area contributed by atoms with E-state index < -0.39 is 0 Å². The number of nitrogens with zero attached hydrogens (tertiary/aromatic N) is 1. The monoisotopic (exact) mass is 262 g/mol. The molecule has 1 aromatic rings. The first-order valence-electron chi connectivity index (χ1n) is 7.39. The van der Waals surface area contributed by atoms with Crippen LogP contribution in [-0.2, 0) is 0 Å². The molecule has 2 N–H and O–H groups in total. The van der Waals surface area contributed by atoms with Crippen molar-refractivity contribution in [1.82, 2.24) is 4.90 Å². The summed E-state index contributed by atoms with van der Waals surface area (Å²) in [6, 6.07) is 9.05. The van der Waals surface area contributed by atoms with Crippen LogP contribution in [0.3, 0.4) is 0 Å². The van der Waals surface area contributed by atoms with Crippen molar-refractivity contribution in [1.29, 1.82) is 0 Å². The van der Waals surface area contributed by atoms with Crippen molar-refractivity contribution in [2.24, 2.45) is 5.73 Å². The summed E-state index contributed by atoms with van der Waals surface area (Å²) in [6.07, 6.45) is 4.72. The van der Waals surface area contributed by atoms with Crippen LogP contribution in [0.1, 0.15) is 44.2 Å². The predicted molar refractivity (Wildman–Crippen MR) is 79.4 cm³/mol. The summed E-state index contributed by atoms with van der Waals surface area (Å²) in [5.41, 5.74) is 7.18. The molecular weight excluding hydrogens is 236 g/mol. The van der Waals surface area contributed by atoms with E-state index in [-0.39, 0.29) is 6.04 Å². The van der Waals surface area contributed by atoms with Crippen LogP contribution in [0.5, 0.6) is 5.75 Å². The Labute approximate surface area is 116 Å². The molecule has 1 saturated heterocycles. The van der Waals surface area contributed by atoms with Gasteiger partial charge in [-0.15, -0.1) is 0 Å². The fourth-order valence-corrected chi connectivity index (χ4v) is 2.70. The standard InChI is InChI=1S/C16H26N2O/c1-3-16(17)13-6-8-15(9-7-13)19-12-10-14-5-4-11-18(14)2/h6-9,14,16H,3-5,10-12,17H2,1-2H3/t14?,16-/m0/s1. The van der Waals surface area contributed by atoms with E-state index in [2.05, 4.69) is 31.0 Å². The highest BCUT2D eigenvalue weighted by molar-refractivity contribution is 5.28. The first-order valence-corrected chi connectivity index (χ1v) is 7.39. The summed E-state index contributed by atoms with van der Waals surface area (Å²) < 4.78 is 5.82. The van der Waals surface area contributed by atoms with Crippen molar-refractivity contribution < 1.29 is 4.74 Å². The van der Waals surface area contributed by atoms with E-state index in [0.717, 1.165) is 25.2 Å². The van der Waals surface area contributed by atoms with Crippen LogP contribution in [0.2, 0.25) is 0 Å². The Kier molecular flexibility index (Phi) is 5.23. The van der Waals surface area contributed by atoms with Crippen LogP contribution in [-0.4, -0.2) is 31.1 Å². The van der Waals surface area contributed by atoms with Crippen LogP contribution in [0.4, 0.5) is 0 Å². The quantitative estimate of drug-likeness (QED) is 0.856. The van der Waals surface area contributed by atoms with Gasteiger partial charge in [-0.1, -0.05) is 19.1 Å². The van der Waals surface area contributed by atoms with Gasteiger partial charge in [0, 0.05) is 12.1 Å². The zero-order valence-electron chi connectivity index (χ0n) is 12.1. The SMILES string of the molecule is CC[C@H](N)c1ccc(OCCC2CCCN2C)cc1. The number of nitrogens with two attached hydrogens (primary N) is 1. The molecule has 2 rings (SSSR count). The van der Waals surface area contributed by atoms with Gasteiger partial charge in [-0.3, -0.25) is 0 Å². The third-order valence-corrected chi connectivity index (χ3v) is 4.14. The van der Waals surface area contributed by atoms with E-state index in [1.807, 2.05) is 12.1 Å². The summed E-state index contributed by atoms with van der Waals surface area (Å²) in [4.78, 5) is 2.44. The number of ether oxygens (including phenoxy) is 1. The fraction of sp³-hybridized carbons (Fsp3) is 0.625. The molecule has 106 valence electrons. The molecule has 1 aliphatic rings. The summed E-state index contributed by atoms with van der Waals surface area (Å²) in [6.45, 7) is 4.13. The average molecular weight is 262 g/mol. The van der Waals surface area contributed by atoms with E-state index in [1.165, 1.54) is 24.9 Å². The highest BCUT2D eigenvalue weighted by Crippen LogP contribution is 2.20. The second-order valence-corrected chi connectivity index (χ2v) is 5.50. The lowest BCUT2D eigenvalue weighted by Crippen LogP contribution is -2.26. The summed E-state index contributed by atoms with van der Waals surface area (Å²) in [5.74, 6) is 0.952. The molecule has 0 aromatic heterocycles. The van der Waals surface area contributed by atoms with Gasteiger partial charge >= 0.3 is 0 Å². The topological polar surface area (TPSA) is 38.5 Å². The van der Waals surface area contributed by atoms with Gasteiger partial charge in [0.15, 0.2) is 0 Å². The van der Waals surface area contributed by atoms with Crippen LogP contribution in [0, 0.1) is 0 Å². The van der Waals surface area contributed by atoms with E-state index in [0.29, 0.717) is 6.04 Å². The molecule has 0 aliphatic carbocycles. The maximum absolute atomic E-state index is 6.00. The Balaban J connectivity index is 1.77. The number of benzene rings is 1. The molecule has 0 radical (unpaired) electrons. The molecule has 3 heteroatoms. The summed E-state index contributed by atoms with van der Waals surface area (Å²) in [5, 5.41) is 0. The van der Waals surface area contributed by atoms with E-state index >= 15 is 0 Å². The van der Waals surface area contributed by atoms with E-state index in [9.17, 15) is 0 Å². The molecule has 0 spiro atoms. The predicted octanol–water partition coefficient (Wildman–Crippen LogP) is 2.96. The maximum Gasteiger partial charge on any atom is 0.119 e. The van der Waals surface area contributed by atoms with Crippen LogP contribution in [0.25, 0.3) is 0 Å². The Morgan fingerprint density at radius 3 is 2.68 bits per heavy atom. The molecule has 0 bridgehead atoms. The lowest BCUT2D eigenvalue weighted by molar-refractivity contribution is 0.233. The van der Waals surface area contributed by atoms with Gasteiger partial charge in [-0.25, -0.2) is 0 Å². The summed E-state index contributed by atoms with van der Waals surface area (Å²) >= 11 is 0. The number of rotatable bonds is 6. The largest absolute Gasteiger partial charge is 0.494 e. The third-order valence-electron chi connectivity index (χ3n) is 4.14. The van der Waals surface area contributed by atoms with Gasteiger partial charge in [-0.05, 0) is 57.0 Å². The molecule has 1 fully saturated rings. The maximum atomic E-state index is 6.00. The van der Waals surface area contributed by atoms with Crippen LogP contribution < -0.4 is 10.5 Å². The highest BCUT2D eigenvalue weighted by Gasteiger charge is 2.20. The van der Waals surface area contributed by atoms with Crippen molar-refractivity contribution in [2.45, 2.75) is 44.7 Å². The molecule has 1 heterocycles. The second kappa shape index (κ2) is 6.92. The normalized spacial score (nSPS) is 21.5.